The van der Waals surface area contributed by atoms with E-state index in [1.54, 1.807) is 0 Å². The Bertz CT molecular complexity index is 998. The van der Waals surface area contributed by atoms with E-state index in [9.17, 15) is 14.7 Å². The van der Waals surface area contributed by atoms with Crippen LogP contribution in [0.4, 0.5) is 0 Å². The van der Waals surface area contributed by atoms with Gasteiger partial charge in [0.1, 0.15) is 0 Å². The molecule has 0 bridgehead atoms. The Hall–Kier alpha value is -2.48. The van der Waals surface area contributed by atoms with E-state index in [0.717, 1.165) is 52.6 Å². The van der Waals surface area contributed by atoms with Crippen molar-refractivity contribution in [1.82, 2.24) is 10.1 Å². The van der Waals surface area contributed by atoms with Gasteiger partial charge >= 0.3 is 5.97 Å². The van der Waals surface area contributed by atoms with Gasteiger partial charge < -0.3 is 14.4 Å². The van der Waals surface area contributed by atoms with E-state index >= 15 is 0 Å². The van der Waals surface area contributed by atoms with Gasteiger partial charge in [0.05, 0.1) is 12.2 Å². The highest BCUT2D eigenvalue weighted by Crippen LogP contribution is 2.46. The van der Waals surface area contributed by atoms with E-state index < -0.39 is 5.97 Å². The van der Waals surface area contributed by atoms with Crippen LogP contribution in [0.15, 0.2) is 15.7 Å². The summed E-state index contributed by atoms with van der Waals surface area (Å²) in [4.78, 5) is 29.8. The molecule has 0 unspecified atom stereocenters. The molecule has 0 spiro atoms. The van der Waals surface area contributed by atoms with Crippen molar-refractivity contribution in [3.05, 3.63) is 27.4 Å². The van der Waals surface area contributed by atoms with Crippen LogP contribution in [0.2, 0.25) is 0 Å². The number of fused-ring (bicyclic) bond motifs is 1. The molecule has 3 aliphatic rings. The summed E-state index contributed by atoms with van der Waals surface area (Å²) in [6.45, 7) is 0.659. The van der Waals surface area contributed by atoms with Crippen molar-refractivity contribution in [3.8, 4) is 16.5 Å². The quantitative estimate of drug-likeness (QED) is 0.789. The predicted octanol–water partition coefficient (Wildman–Crippen LogP) is 3.68. The highest BCUT2D eigenvalue weighted by atomic mass is 32.1. The molecule has 5 rings (SSSR count). The van der Waals surface area contributed by atoms with E-state index in [-0.39, 0.29) is 17.8 Å². The minimum absolute atomic E-state index is 0.128. The first-order valence-corrected chi connectivity index (χ1v) is 10.5. The van der Waals surface area contributed by atoms with Gasteiger partial charge in [0.15, 0.2) is 16.7 Å². The molecule has 28 heavy (non-hydrogen) atoms. The Morgan fingerprint density at radius 3 is 2.75 bits per heavy atom. The van der Waals surface area contributed by atoms with E-state index in [0.29, 0.717) is 43.3 Å². The lowest BCUT2D eigenvalue weighted by Gasteiger charge is -2.12. The number of carboxylic acid groups (broad SMARTS) is 1. The average molecular weight is 400 g/mol. The molecule has 0 saturated heterocycles. The summed E-state index contributed by atoms with van der Waals surface area (Å²) in [5.41, 5.74) is 2.57. The average Bonchev–Trinajstić information content (AvgIpc) is 3.10. The Morgan fingerprint density at radius 2 is 1.96 bits per heavy atom. The van der Waals surface area contributed by atoms with E-state index in [4.69, 9.17) is 9.26 Å². The largest absolute Gasteiger partial charge is 0.484 e. The van der Waals surface area contributed by atoms with Crippen LogP contribution in [-0.4, -0.2) is 33.6 Å². The molecule has 3 heterocycles. The number of Topliss-reactive ketones (excluding diaryl/α,β-unsaturated/α-hetero) is 1. The highest BCUT2D eigenvalue weighted by Gasteiger charge is 2.33. The fourth-order valence-electron chi connectivity index (χ4n) is 4.01. The third-order valence-corrected chi connectivity index (χ3v) is 6.72. The van der Waals surface area contributed by atoms with Crippen LogP contribution in [0.3, 0.4) is 0 Å². The summed E-state index contributed by atoms with van der Waals surface area (Å²) in [5, 5.41) is 14.3. The molecule has 1 N–H and O–H groups in total. The van der Waals surface area contributed by atoms with Crippen molar-refractivity contribution in [3.63, 3.8) is 0 Å². The van der Waals surface area contributed by atoms with Gasteiger partial charge in [0.2, 0.25) is 0 Å². The fourth-order valence-corrected chi connectivity index (χ4v) is 5.22. The van der Waals surface area contributed by atoms with Crippen molar-refractivity contribution in [1.29, 1.82) is 0 Å². The maximum Gasteiger partial charge on any atom is 0.331 e. The van der Waals surface area contributed by atoms with Gasteiger partial charge in [-0.2, -0.15) is 4.98 Å². The van der Waals surface area contributed by atoms with Crippen molar-refractivity contribution < 1.29 is 24.0 Å². The lowest BCUT2D eigenvalue weighted by molar-refractivity contribution is -0.133. The Balaban J connectivity index is 1.52. The molecule has 7 nitrogen and oxygen atoms in total. The van der Waals surface area contributed by atoms with Crippen LogP contribution in [0.1, 0.15) is 60.7 Å². The number of allylic oxidation sites excluding steroid dienone is 1. The molecule has 2 aromatic heterocycles. The van der Waals surface area contributed by atoms with Crippen molar-refractivity contribution in [2.45, 2.75) is 57.3 Å². The topological polar surface area (TPSA) is 103 Å². The van der Waals surface area contributed by atoms with Crippen LogP contribution in [0.25, 0.3) is 11.5 Å². The molecule has 0 atom stereocenters. The zero-order valence-corrected chi connectivity index (χ0v) is 16.1. The lowest BCUT2D eigenvalue weighted by Crippen LogP contribution is -2.10. The SMILES string of the molecule is O=C(O)C1=C(C(=O)Cc2sc3c(c2-c2nc(C4CC4)no2)CCCO3)CCC1. The Kier molecular flexibility index (Phi) is 4.30. The number of carbonyl (C=O) groups excluding carboxylic acids is 1. The maximum atomic E-state index is 12.9. The number of rotatable bonds is 6. The molecule has 8 heteroatoms. The molecule has 0 aromatic carbocycles. The van der Waals surface area contributed by atoms with Crippen molar-refractivity contribution in [2.75, 3.05) is 6.61 Å². The number of aromatic nitrogens is 2. The first-order valence-electron chi connectivity index (χ1n) is 9.71. The van der Waals surface area contributed by atoms with Gasteiger partial charge in [-0.05, 0) is 44.9 Å². The van der Waals surface area contributed by atoms with Gasteiger partial charge in [0, 0.05) is 33.9 Å². The molecule has 146 valence electrons. The smallest absolute Gasteiger partial charge is 0.331 e. The molecular weight excluding hydrogens is 380 g/mol. The Morgan fingerprint density at radius 1 is 1.14 bits per heavy atom. The number of hydrogen-bond acceptors (Lipinski definition) is 7. The van der Waals surface area contributed by atoms with Gasteiger partial charge in [-0.1, -0.05) is 5.16 Å². The van der Waals surface area contributed by atoms with Gasteiger partial charge in [-0.3, -0.25) is 4.79 Å². The predicted molar refractivity (Wildman–Crippen MR) is 101 cm³/mol. The second kappa shape index (κ2) is 6.84. The number of thiophene rings is 1. The molecule has 0 amide bonds. The van der Waals surface area contributed by atoms with Crippen molar-refractivity contribution >= 4 is 23.1 Å². The number of ether oxygens (including phenoxy) is 1. The van der Waals surface area contributed by atoms with E-state index in [1.165, 1.54) is 11.3 Å². The van der Waals surface area contributed by atoms with Crippen LogP contribution in [0, 0.1) is 0 Å². The third-order valence-electron chi connectivity index (χ3n) is 5.58. The van der Waals surface area contributed by atoms with Gasteiger partial charge in [0.25, 0.3) is 5.89 Å². The normalized spacial score (nSPS) is 18.9. The second-order valence-electron chi connectivity index (χ2n) is 7.57. The third kappa shape index (κ3) is 3.05. The number of carbonyl (C=O) groups is 2. The van der Waals surface area contributed by atoms with Crippen LogP contribution in [-0.2, 0) is 22.4 Å². The highest BCUT2D eigenvalue weighted by molar-refractivity contribution is 7.14. The Labute approximate surface area is 165 Å². The number of hydrogen-bond donors (Lipinski definition) is 1. The zero-order chi connectivity index (χ0) is 19.3. The molecular formula is C20H20N2O5S. The summed E-state index contributed by atoms with van der Waals surface area (Å²) in [6.07, 6.45) is 5.77. The van der Waals surface area contributed by atoms with Crippen LogP contribution < -0.4 is 4.74 Å². The summed E-state index contributed by atoms with van der Waals surface area (Å²) in [5.74, 6) is 0.453. The molecule has 2 aliphatic carbocycles. The molecule has 1 fully saturated rings. The van der Waals surface area contributed by atoms with Gasteiger partial charge in [-0.15, -0.1) is 11.3 Å². The fraction of sp³-hybridized carbons (Fsp3) is 0.500. The maximum absolute atomic E-state index is 12.9. The summed E-state index contributed by atoms with van der Waals surface area (Å²) < 4.78 is 11.4. The minimum Gasteiger partial charge on any atom is -0.484 e. The number of carboxylic acids is 1. The van der Waals surface area contributed by atoms with Gasteiger partial charge in [-0.25, -0.2) is 4.79 Å². The zero-order valence-electron chi connectivity index (χ0n) is 15.3. The molecule has 1 saturated carbocycles. The van der Waals surface area contributed by atoms with Crippen LogP contribution >= 0.6 is 11.3 Å². The van der Waals surface area contributed by atoms with E-state index in [2.05, 4.69) is 10.1 Å². The molecule has 2 aromatic rings. The second-order valence-corrected chi connectivity index (χ2v) is 8.63. The lowest BCUT2D eigenvalue weighted by atomic mass is 9.99. The summed E-state index contributed by atoms with van der Waals surface area (Å²) in [6, 6.07) is 0. The first kappa shape index (κ1) is 17.6. The van der Waals surface area contributed by atoms with Crippen molar-refractivity contribution in [2.24, 2.45) is 0 Å². The number of aliphatic carboxylic acids is 1. The van der Waals surface area contributed by atoms with Crippen LogP contribution in [0.5, 0.6) is 5.06 Å². The molecule has 0 radical (unpaired) electrons. The summed E-state index contributed by atoms with van der Waals surface area (Å²) >= 11 is 1.45. The monoisotopic (exact) mass is 400 g/mol. The standard InChI is InChI=1S/C20H20N2O5S/c23-14(11-3-1-4-12(11)19(24)25)9-15-16(13-5-2-8-26-20(13)28-15)18-21-17(22-27-18)10-6-7-10/h10H,1-9H2,(H,24,25). The number of ketones is 1. The first-order chi connectivity index (χ1) is 13.6. The molecule has 1 aliphatic heterocycles. The minimum atomic E-state index is -0.985. The van der Waals surface area contributed by atoms with E-state index in [1.807, 2.05) is 0 Å². The number of nitrogens with zero attached hydrogens (tertiary/aromatic N) is 2. The summed E-state index contributed by atoms with van der Waals surface area (Å²) in [7, 11) is 0.